The van der Waals surface area contributed by atoms with Crippen molar-refractivity contribution in [2.24, 2.45) is 5.92 Å². The Hall–Kier alpha value is -2.93. The average molecular weight is 474 g/mol. The lowest BCUT2D eigenvalue weighted by Gasteiger charge is -2.37. The monoisotopic (exact) mass is 473 g/mol. The Bertz CT molecular complexity index is 1310. The first-order chi connectivity index (χ1) is 16.6. The van der Waals surface area contributed by atoms with E-state index in [-0.39, 0.29) is 5.92 Å². The summed E-state index contributed by atoms with van der Waals surface area (Å²) in [6.45, 7) is 7.79. The summed E-state index contributed by atoms with van der Waals surface area (Å²) in [7, 11) is 0. The van der Waals surface area contributed by atoms with Crippen molar-refractivity contribution in [3.63, 3.8) is 0 Å². The smallest absolute Gasteiger partial charge is 0.225 e. The Morgan fingerprint density at radius 3 is 2.56 bits per heavy atom. The topological polar surface area (TPSA) is 65.1 Å². The van der Waals surface area contributed by atoms with Crippen molar-refractivity contribution in [1.82, 2.24) is 19.9 Å². The number of fused-ring (bicyclic) bond motifs is 2. The molecule has 0 atom stereocenters. The summed E-state index contributed by atoms with van der Waals surface area (Å²) in [5, 5.41) is 2.46. The average Bonchev–Trinajstić information content (AvgIpc) is 3.44. The van der Waals surface area contributed by atoms with E-state index in [2.05, 4.69) is 68.9 Å². The van der Waals surface area contributed by atoms with Crippen LogP contribution in [0.25, 0.3) is 21.1 Å². The van der Waals surface area contributed by atoms with Gasteiger partial charge in [0, 0.05) is 54.1 Å². The Kier molecular flexibility index (Phi) is 5.52. The molecule has 2 saturated heterocycles. The number of amides is 1. The van der Waals surface area contributed by atoms with Gasteiger partial charge in [-0.3, -0.25) is 4.79 Å². The van der Waals surface area contributed by atoms with Crippen molar-refractivity contribution < 1.29 is 4.79 Å². The highest BCUT2D eigenvalue weighted by atomic mass is 32.1. The van der Waals surface area contributed by atoms with E-state index in [9.17, 15) is 4.79 Å². The van der Waals surface area contributed by atoms with E-state index in [1.165, 1.54) is 32.4 Å². The van der Waals surface area contributed by atoms with E-state index in [1.807, 2.05) is 0 Å². The van der Waals surface area contributed by atoms with Gasteiger partial charge in [-0.25, -0.2) is 9.97 Å². The minimum absolute atomic E-state index is 0.128. The van der Waals surface area contributed by atoms with Crippen LogP contribution in [0, 0.1) is 19.8 Å². The maximum absolute atomic E-state index is 13.3. The number of benzene rings is 1. The second kappa shape index (κ2) is 8.69. The van der Waals surface area contributed by atoms with Gasteiger partial charge >= 0.3 is 0 Å². The number of hydrogen-bond donors (Lipinski definition) is 1. The molecule has 5 heterocycles. The summed E-state index contributed by atoms with van der Waals surface area (Å²) in [4.78, 5) is 32.9. The van der Waals surface area contributed by atoms with Crippen molar-refractivity contribution in [1.29, 1.82) is 0 Å². The van der Waals surface area contributed by atoms with Crippen LogP contribution in [0.5, 0.6) is 0 Å². The van der Waals surface area contributed by atoms with Gasteiger partial charge in [-0.1, -0.05) is 18.2 Å². The number of para-hydroxylation sites is 1. The standard InChI is InChI=1S/C27H31N5OS/c1-17-18(2)34-26-24(17)25(28-16-29-26)31-11-9-20(10-12-31)27(33)32-13-7-19(8-14-32)23-15-21-5-3-4-6-22(21)30-23/h3-6,15-16,19-20,30H,7-14H2,1-2H3. The number of aromatic nitrogens is 3. The molecule has 1 amide bonds. The summed E-state index contributed by atoms with van der Waals surface area (Å²) < 4.78 is 0. The number of hydrogen-bond acceptors (Lipinski definition) is 5. The Balaban J connectivity index is 1.07. The highest BCUT2D eigenvalue weighted by molar-refractivity contribution is 7.18. The van der Waals surface area contributed by atoms with Crippen LogP contribution in [-0.4, -0.2) is 51.9 Å². The molecule has 3 aromatic heterocycles. The van der Waals surface area contributed by atoms with Gasteiger partial charge < -0.3 is 14.8 Å². The summed E-state index contributed by atoms with van der Waals surface area (Å²) in [6.07, 6.45) is 5.55. The minimum atomic E-state index is 0.128. The maximum Gasteiger partial charge on any atom is 0.225 e. The highest BCUT2D eigenvalue weighted by Crippen LogP contribution is 2.36. The SMILES string of the molecule is Cc1sc2ncnc(N3CCC(C(=O)N4CCC(c5cc6ccccc6[nH]5)CC4)CC3)c2c1C. The van der Waals surface area contributed by atoms with Crippen molar-refractivity contribution in [2.45, 2.75) is 45.4 Å². The summed E-state index contributed by atoms with van der Waals surface area (Å²) in [6, 6.07) is 10.7. The first-order valence-electron chi connectivity index (χ1n) is 12.4. The maximum atomic E-state index is 13.3. The van der Waals surface area contributed by atoms with Crippen LogP contribution in [-0.2, 0) is 4.79 Å². The van der Waals surface area contributed by atoms with Crippen LogP contribution >= 0.6 is 11.3 Å². The fourth-order valence-electron chi connectivity index (χ4n) is 5.73. The van der Waals surface area contributed by atoms with E-state index < -0.39 is 0 Å². The van der Waals surface area contributed by atoms with Crippen LogP contribution in [0.15, 0.2) is 36.7 Å². The second-order valence-electron chi connectivity index (χ2n) is 9.83. The Labute approximate surface area is 204 Å². The molecule has 6 rings (SSSR count). The van der Waals surface area contributed by atoms with E-state index in [0.29, 0.717) is 11.8 Å². The predicted octanol–water partition coefficient (Wildman–Crippen LogP) is 5.41. The molecule has 0 bridgehead atoms. The van der Waals surface area contributed by atoms with Gasteiger partial charge in [-0.2, -0.15) is 0 Å². The van der Waals surface area contributed by atoms with Crippen molar-refractivity contribution in [2.75, 3.05) is 31.1 Å². The zero-order valence-electron chi connectivity index (χ0n) is 19.9. The number of aromatic amines is 1. The molecule has 0 unspecified atom stereocenters. The Morgan fingerprint density at radius 2 is 1.79 bits per heavy atom. The lowest BCUT2D eigenvalue weighted by atomic mass is 9.90. The van der Waals surface area contributed by atoms with Crippen LogP contribution in [0.4, 0.5) is 5.82 Å². The zero-order chi connectivity index (χ0) is 23.2. The number of carbonyl (C=O) groups is 1. The molecule has 0 saturated carbocycles. The van der Waals surface area contributed by atoms with E-state index in [4.69, 9.17) is 0 Å². The van der Waals surface area contributed by atoms with Crippen molar-refractivity contribution in [3.8, 4) is 0 Å². The fraction of sp³-hybridized carbons (Fsp3) is 0.444. The van der Waals surface area contributed by atoms with E-state index in [1.54, 1.807) is 17.7 Å². The first-order valence-corrected chi connectivity index (χ1v) is 13.2. The number of likely N-dealkylation sites (tertiary alicyclic amines) is 1. The normalized spacial score (nSPS) is 18.3. The summed E-state index contributed by atoms with van der Waals surface area (Å²) >= 11 is 1.74. The quantitative estimate of drug-likeness (QED) is 0.432. The third-order valence-electron chi connectivity index (χ3n) is 7.89. The first kappa shape index (κ1) is 21.6. The molecule has 1 aromatic carbocycles. The number of nitrogens with zero attached hydrogens (tertiary/aromatic N) is 4. The van der Waals surface area contributed by atoms with Crippen LogP contribution in [0.3, 0.4) is 0 Å². The van der Waals surface area contributed by atoms with Gasteiger partial charge in [-0.15, -0.1) is 11.3 Å². The highest BCUT2D eigenvalue weighted by Gasteiger charge is 2.32. The lowest BCUT2D eigenvalue weighted by Crippen LogP contribution is -2.45. The summed E-state index contributed by atoms with van der Waals surface area (Å²) in [5.74, 6) is 2.03. The molecule has 2 fully saturated rings. The van der Waals surface area contributed by atoms with Gasteiger partial charge in [0.05, 0.1) is 5.39 Å². The molecular weight excluding hydrogens is 442 g/mol. The van der Waals surface area contributed by atoms with E-state index in [0.717, 1.165) is 62.5 Å². The van der Waals surface area contributed by atoms with Crippen molar-refractivity contribution in [3.05, 3.63) is 52.8 Å². The number of rotatable bonds is 3. The van der Waals surface area contributed by atoms with Gasteiger partial charge in [0.1, 0.15) is 17.0 Å². The number of anilines is 1. The molecule has 1 N–H and O–H groups in total. The molecule has 34 heavy (non-hydrogen) atoms. The molecule has 0 aliphatic carbocycles. The van der Waals surface area contributed by atoms with E-state index >= 15 is 0 Å². The molecule has 2 aliphatic heterocycles. The minimum Gasteiger partial charge on any atom is -0.358 e. The molecule has 7 heteroatoms. The van der Waals surface area contributed by atoms with Gasteiger partial charge in [-0.05, 0) is 62.6 Å². The van der Waals surface area contributed by atoms with Crippen LogP contribution < -0.4 is 4.90 Å². The molecule has 0 radical (unpaired) electrons. The predicted molar refractivity (Wildman–Crippen MR) is 139 cm³/mol. The second-order valence-corrected chi connectivity index (χ2v) is 11.0. The number of aryl methyl sites for hydroxylation is 2. The van der Waals surface area contributed by atoms with Gasteiger partial charge in [0.15, 0.2) is 0 Å². The molecule has 0 spiro atoms. The number of thiophene rings is 1. The molecular formula is C27H31N5OS. The fourth-order valence-corrected chi connectivity index (χ4v) is 6.72. The molecule has 6 nitrogen and oxygen atoms in total. The lowest BCUT2D eigenvalue weighted by molar-refractivity contribution is -0.137. The number of H-pyrrole nitrogens is 1. The summed E-state index contributed by atoms with van der Waals surface area (Å²) in [5.41, 5.74) is 3.81. The largest absolute Gasteiger partial charge is 0.358 e. The van der Waals surface area contributed by atoms with Gasteiger partial charge in [0.25, 0.3) is 0 Å². The van der Waals surface area contributed by atoms with Crippen molar-refractivity contribution >= 4 is 44.2 Å². The third-order valence-corrected chi connectivity index (χ3v) is 9.00. The number of nitrogens with one attached hydrogen (secondary N) is 1. The zero-order valence-corrected chi connectivity index (χ0v) is 20.7. The molecule has 4 aromatic rings. The third kappa shape index (κ3) is 3.76. The Morgan fingerprint density at radius 1 is 1.03 bits per heavy atom. The van der Waals surface area contributed by atoms with Crippen LogP contribution in [0.1, 0.15) is 47.7 Å². The van der Waals surface area contributed by atoms with Crippen LogP contribution in [0.2, 0.25) is 0 Å². The molecule has 2 aliphatic rings. The molecule has 176 valence electrons. The number of carbonyl (C=O) groups excluding carboxylic acids is 1. The van der Waals surface area contributed by atoms with Gasteiger partial charge in [0.2, 0.25) is 5.91 Å². The number of piperidine rings is 2.